The summed E-state index contributed by atoms with van der Waals surface area (Å²) in [6, 6.07) is 6.02. The number of aromatic nitrogens is 2. The topological polar surface area (TPSA) is 64.9 Å². The van der Waals surface area contributed by atoms with Crippen molar-refractivity contribution in [1.29, 1.82) is 0 Å². The fraction of sp³-hybridized carbons (Fsp3) is 0.385. The number of hydrogen-bond acceptors (Lipinski definition) is 4. The predicted molar refractivity (Wildman–Crippen MR) is 84.5 cm³/mol. The molecule has 100 valence electrons. The molecule has 1 aliphatic rings. The molecule has 2 aromatic rings. The normalized spacial score (nSPS) is 17.8. The Morgan fingerprint density at radius 2 is 2.05 bits per heavy atom. The van der Waals surface area contributed by atoms with Crippen molar-refractivity contribution in [2.24, 2.45) is 5.73 Å². The van der Waals surface area contributed by atoms with E-state index in [1.54, 1.807) is 0 Å². The Balaban J connectivity index is 1.99. The lowest BCUT2D eigenvalue weighted by atomic mass is 9.99. The van der Waals surface area contributed by atoms with Gasteiger partial charge in [-0.05, 0) is 69.6 Å². The first-order chi connectivity index (χ1) is 9.08. The van der Waals surface area contributed by atoms with Crippen LogP contribution < -0.4 is 5.73 Å². The molecule has 19 heavy (non-hydrogen) atoms. The average molecular weight is 434 g/mol. The summed E-state index contributed by atoms with van der Waals surface area (Å²) in [6.07, 6.45) is 4.12. The lowest BCUT2D eigenvalue weighted by Gasteiger charge is -2.17. The third-order valence-corrected chi connectivity index (χ3v) is 4.89. The van der Waals surface area contributed by atoms with E-state index < -0.39 is 5.54 Å². The maximum Gasteiger partial charge on any atom is 0.259 e. The molecular weight excluding hydrogens is 421 g/mol. The molecule has 0 bridgehead atoms. The summed E-state index contributed by atoms with van der Waals surface area (Å²) in [5.41, 5.74) is 6.84. The first-order valence-corrected chi connectivity index (χ1v) is 8.04. The van der Waals surface area contributed by atoms with Gasteiger partial charge in [-0.15, -0.1) is 0 Å². The Bertz CT molecular complexity index is 608. The van der Waals surface area contributed by atoms with Crippen molar-refractivity contribution in [2.45, 2.75) is 31.2 Å². The van der Waals surface area contributed by atoms with E-state index >= 15 is 0 Å². The molecule has 6 heteroatoms. The zero-order valence-electron chi connectivity index (χ0n) is 10.2. The van der Waals surface area contributed by atoms with Gasteiger partial charge in [-0.1, -0.05) is 18.0 Å². The Morgan fingerprint density at radius 3 is 2.79 bits per heavy atom. The van der Waals surface area contributed by atoms with Crippen LogP contribution in [0.2, 0.25) is 0 Å². The van der Waals surface area contributed by atoms with Gasteiger partial charge in [-0.2, -0.15) is 4.98 Å². The quantitative estimate of drug-likeness (QED) is 0.731. The van der Waals surface area contributed by atoms with Gasteiger partial charge in [0.25, 0.3) is 5.89 Å². The fourth-order valence-electron chi connectivity index (χ4n) is 2.43. The molecule has 1 saturated carbocycles. The Morgan fingerprint density at radius 1 is 1.32 bits per heavy atom. The molecular formula is C13H13BrIN3O. The maximum atomic E-state index is 6.34. The molecule has 1 aliphatic carbocycles. The average Bonchev–Trinajstić information content (AvgIpc) is 3.02. The molecule has 0 amide bonds. The number of halogens is 2. The van der Waals surface area contributed by atoms with Crippen LogP contribution in [0.4, 0.5) is 0 Å². The molecule has 1 aromatic heterocycles. The van der Waals surface area contributed by atoms with Crippen LogP contribution in [0, 0.1) is 3.57 Å². The van der Waals surface area contributed by atoms with Gasteiger partial charge in [-0.3, -0.25) is 0 Å². The van der Waals surface area contributed by atoms with Crippen molar-refractivity contribution in [3.05, 3.63) is 32.1 Å². The molecule has 1 fully saturated rings. The molecule has 0 unspecified atom stereocenters. The zero-order valence-corrected chi connectivity index (χ0v) is 13.9. The smallest absolute Gasteiger partial charge is 0.259 e. The monoisotopic (exact) mass is 433 g/mol. The molecule has 2 N–H and O–H groups in total. The van der Waals surface area contributed by atoms with Crippen molar-refractivity contribution in [2.75, 3.05) is 0 Å². The Hall–Kier alpha value is -0.470. The number of rotatable bonds is 2. The van der Waals surface area contributed by atoms with Gasteiger partial charge in [0.1, 0.15) is 0 Å². The van der Waals surface area contributed by atoms with Crippen LogP contribution in [0.1, 0.15) is 31.5 Å². The van der Waals surface area contributed by atoms with E-state index in [9.17, 15) is 0 Å². The van der Waals surface area contributed by atoms with Gasteiger partial charge in [0.05, 0.1) is 11.1 Å². The second-order valence-electron chi connectivity index (χ2n) is 4.91. The second kappa shape index (κ2) is 5.14. The third-order valence-electron chi connectivity index (χ3n) is 3.53. The number of benzene rings is 1. The molecule has 1 aromatic carbocycles. The summed E-state index contributed by atoms with van der Waals surface area (Å²) in [7, 11) is 0. The van der Waals surface area contributed by atoms with E-state index in [0.29, 0.717) is 11.7 Å². The number of hydrogen-bond donors (Lipinski definition) is 1. The maximum absolute atomic E-state index is 6.34. The van der Waals surface area contributed by atoms with Gasteiger partial charge in [0.15, 0.2) is 5.82 Å². The first kappa shape index (κ1) is 13.5. The number of nitrogens with two attached hydrogens (primary N) is 1. The molecule has 1 heterocycles. The number of nitrogens with zero attached hydrogens (tertiary/aromatic N) is 2. The highest BCUT2D eigenvalue weighted by molar-refractivity contribution is 14.1. The van der Waals surface area contributed by atoms with Crippen molar-refractivity contribution < 1.29 is 4.52 Å². The van der Waals surface area contributed by atoms with Crippen molar-refractivity contribution in [3.8, 4) is 11.5 Å². The van der Waals surface area contributed by atoms with Gasteiger partial charge in [0.2, 0.25) is 0 Å². The van der Waals surface area contributed by atoms with Gasteiger partial charge in [0, 0.05) is 8.04 Å². The molecule has 0 atom stereocenters. The van der Waals surface area contributed by atoms with E-state index in [-0.39, 0.29) is 0 Å². The lowest BCUT2D eigenvalue weighted by Crippen LogP contribution is -2.34. The third kappa shape index (κ3) is 2.57. The summed E-state index contributed by atoms with van der Waals surface area (Å²) in [4.78, 5) is 4.50. The predicted octanol–water partition coefficient (Wildman–Crippen LogP) is 3.83. The van der Waals surface area contributed by atoms with Crippen molar-refractivity contribution in [3.63, 3.8) is 0 Å². The lowest BCUT2D eigenvalue weighted by molar-refractivity contribution is 0.372. The van der Waals surface area contributed by atoms with Gasteiger partial charge < -0.3 is 10.3 Å². The highest BCUT2D eigenvalue weighted by atomic mass is 127. The van der Waals surface area contributed by atoms with Crippen molar-refractivity contribution >= 4 is 38.5 Å². The summed E-state index contributed by atoms with van der Waals surface area (Å²) in [6.45, 7) is 0. The highest BCUT2D eigenvalue weighted by Gasteiger charge is 2.36. The minimum atomic E-state index is -0.407. The second-order valence-corrected chi connectivity index (χ2v) is 7.01. The molecule has 0 radical (unpaired) electrons. The SMILES string of the molecule is NC1(c2noc(-c3cc(I)ccc3Br)n2)CCCC1. The van der Waals surface area contributed by atoms with Gasteiger partial charge in [-0.25, -0.2) is 0 Å². The molecule has 0 spiro atoms. The Labute approximate surface area is 133 Å². The van der Waals surface area contributed by atoms with Crippen LogP contribution in [0.25, 0.3) is 11.5 Å². The van der Waals surface area contributed by atoms with Crippen LogP contribution in [0.5, 0.6) is 0 Å². The van der Waals surface area contributed by atoms with Crippen LogP contribution in [0.3, 0.4) is 0 Å². The Kier molecular flexibility index (Phi) is 3.65. The van der Waals surface area contributed by atoms with Gasteiger partial charge >= 0.3 is 0 Å². The molecule has 0 saturated heterocycles. The van der Waals surface area contributed by atoms with E-state index in [4.69, 9.17) is 10.3 Å². The molecule has 0 aliphatic heterocycles. The van der Waals surface area contributed by atoms with E-state index in [1.165, 1.54) is 0 Å². The first-order valence-electron chi connectivity index (χ1n) is 6.17. The van der Waals surface area contributed by atoms with E-state index in [2.05, 4.69) is 48.7 Å². The summed E-state index contributed by atoms with van der Waals surface area (Å²) >= 11 is 5.77. The van der Waals surface area contributed by atoms with E-state index in [1.807, 2.05) is 18.2 Å². The largest absolute Gasteiger partial charge is 0.334 e. The van der Waals surface area contributed by atoms with Crippen LogP contribution >= 0.6 is 38.5 Å². The zero-order chi connectivity index (χ0) is 13.5. The standard InChI is InChI=1S/C13H13BrIN3O/c14-10-4-3-8(15)7-9(10)11-17-12(18-19-11)13(16)5-1-2-6-13/h3-4,7H,1-2,5-6,16H2. The summed E-state index contributed by atoms with van der Waals surface area (Å²) in [5.74, 6) is 1.16. The van der Waals surface area contributed by atoms with E-state index in [0.717, 1.165) is 39.3 Å². The van der Waals surface area contributed by atoms with Crippen molar-refractivity contribution in [1.82, 2.24) is 10.1 Å². The fourth-order valence-corrected chi connectivity index (χ4v) is 3.33. The minimum Gasteiger partial charge on any atom is -0.334 e. The summed E-state index contributed by atoms with van der Waals surface area (Å²) < 4.78 is 7.46. The highest BCUT2D eigenvalue weighted by Crippen LogP contribution is 2.36. The summed E-state index contributed by atoms with van der Waals surface area (Å²) in [5, 5.41) is 4.08. The minimum absolute atomic E-state index is 0.407. The molecule has 4 nitrogen and oxygen atoms in total. The van der Waals surface area contributed by atoms with Crippen LogP contribution in [0.15, 0.2) is 27.2 Å². The molecule has 3 rings (SSSR count). The van der Waals surface area contributed by atoms with Crippen LogP contribution in [-0.2, 0) is 5.54 Å². The van der Waals surface area contributed by atoms with Crippen LogP contribution in [-0.4, -0.2) is 10.1 Å².